The molecule has 4 rings (SSSR count). The molecule has 0 unspecified atom stereocenters. The first kappa shape index (κ1) is 25.7. The minimum Gasteiger partial charge on any atom is -0.393 e. The SMILES string of the molecule is C=C(CC[C@H](O)C(C)(C)O)[C@H]1CC[C@@]2(C)[C@H]1CC[C@@H]1[C@@]3(C)CC[C@@H](O)C(C)(C)[C@@H]3CC[C@]12C. The molecule has 0 aromatic rings. The molecule has 0 bridgehead atoms. The minimum atomic E-state index is -1.05. The predicted octanol–water partition coefficient (Wildman–Crippen LogP) is 6.50. The van der Waals surface area contributed by atoms with E-state index in [1.165, 1.54) is 50.5 Å². The molecule has 4 aliphatic carbocycles. The quantitative estimate of drug-likeness (QED) is 0.410. The maximum Gasteiger partial charge on any atom is 0.0849 e. The molecule has 3 nitrogen and oxygen atoms in total. The van der Waals surface area contributed by atoms with Crippen molar-refractivity contribution in [3.05, 3.63) is 12.2 Å². The Labute approximate surface area is 203 Å². The lowest BCUT2D eigenvalue weighted by atomic mass is 9.35. The zero-order valence-electron chi connectivity index (χ0n) is 22.6. The van der Waals surface area contributed by atoms with Crippen LogP contribution in [0.1, 0.15) is 113 Å². The number of allylic oxidation sites excluding steroid dienone is 1. The number of hydrogen-bond donors (Lipinski definition) is 3. The molecule has 0 spiro atoms. The highest BCUT2D eigenvalue weighted by molar-refractivity contribution is 5.20. The van der Waals surface area contributed by atoms with E-state index in [1.54, 1.807) is 13.8 Å². The molecule has 3 heteroatoms. The van der Waals surface area contributed by atoms with E-state index in [0.717, 1.165) is 18.8 Å². The molecule has 9 atom stereocenters. The maximum absolute atomic E-state index is 10.8. The van der Waals surface area contributed by atoms with Gasteiger partial charge in [-0.25, -0.2) is 0 Å². The Bertz CT molecular complexity index is 765. The van der Waals surface area contributed by atoms with Crippen LogP contribution in [0.2, 0.25) is 0 Å². The molecular weight excluding hydrogens is 408 g/mol. The lowest BCUT2D eigenvalue weighted by Crippen LogP contribution is -2.63. The second-order valence-corrected chi connectivity index (χ2v) is 14.6. The molecule has 33 heavy (non-hydrogen) atoms. The number of fused-ring (bicyclic) bond motifs is 5. The standard InChI is InChI=1S/C30H52O3/c1-19(9-12-25(32)27(4,5)33)20-13-17-29(7)21(20)10-11-23-28(6)16-15-24(31)26(2,3)22(28)14-18-30(23,29)8/h20-25,31-33H,1,9-18H2,2-8H3/t20-,21+,22+,23-,24-,25+,28+,29+,30-/m1/s1. The van der Waals surface area contributed by atoms with Gasteiger partial charge in [0.1, 0.15) is 0 Å². The van der Waals surface area contributed by atoms with Crippen LogP contribution < -0.4 is 0 Å². The van der Waals surface area contributed by atoms with Gasteiger partial charge in [0.05, 0.1) is 17.8 Å². The molecule has 4 saturated carbocycles. The van der Waals surface area contributed by atoms with Crippen molar-refractivity contribution in [1.82, 2.24) is 0 Å². The molecule has 0 aliphatic heterocycles. The first-order valence-electron chi connectivity index (χ1n) is 13.8. The molecule has 0 aromatic heterocycles. The molecule has 190 valence electrons. The molecule has 0 amide bonds. The van der Waals surface area contributed by atoms with Crippen molar-refractivity contribution in [2.75, 3.05) is 0 Å². The van der Waals surface area contributed by atoms with Crippen molar-refractivity contribution in [3.63, 3.8) is 0 Å². The third kappa shape index (κ3) is 3.70. The van der Waals surface area contributed by atoms with Crippen molar-refractivity contribution < 1.29 is 15.3 Å². The van der Waals surface area contributed by atoms with Crippen LogP contribution in [0.5, 0.6) is 0 Å². The van der Waals surface area contributed by atoms with Crippen LogP contribution in [0.4, 0.5) is 0 Å². The van der Waals surface area contributed by atoms with E-state index < -0.39 is 11.7 Å². The lowest BCUT2D eigenvalue weighted by Gasteiger charge is -2.69. The first-order valence-corrected chi connectivity index (χ1v) is 13.8. The van der Waals surface area contributed by atoms with Gasteiger partial charge in [-0.3, -0.25) is 0 Å². The van der Waals surface area contributed by atoms with Crippen molar-refractivity contribution in [1.29, 1.82) is 0 Å². The Morgan fingerprint density at radius 3 is 2.18 bits per heavy atom. The molecule has 3 N–H and O–H groups in total. The largest absolute Gasteiger partial charge is 0.393 e. The van der Waals surface area contributed by atoms with E-state index in [-0.39, 0.29) is 11.5 Å². The second kappa shape index (κ2) is 8.07. The molecule has 0 saturated heterocycles. The van der Waals surface area contributed by atoms with Gasteiger partial charge in [0.2, 0.25) is 0 Å². The van der Waals surface area contributed by atoms with Crippen molar-refractivity contribution >= 4 is 0 Å². The Morgan fingerprint density at radius 2 is 1.55 bits per heavy atom. The van der Waals surface area contributed by atoms with E-state index in [9.17, 15) is 15.3 Å². The third-order valence-electron chi connectivity index (χ3n) is 12.5. The summed E-state index contributed by atoms with van der Waals surface area (Å²) in [6.07, 6.45) is 10.3. The fraction of sp³-hybridized carbons (Fsp3) is 0.933. The average Bonchev–Trinajstić information content (AvgIpc) is 3.07. The van der Waals surface area contributed by atoms with E-state index in [4.69, 9.17) is 0 Å². The first-order chi connectivity index (χ1) is 15.1. The van der Waals surface area contributed by atoms with Crippen molar-refractivity contribution in [3.8, 4) is 0 Å². The Morgan fingerprint density at radius 1 is 0.909 bits per heavy atom. The monoisotopic (exact) mass is 460 g/mol. The van der Waals surface area contributed by atoms with Crippen LogP contribution in [0.25, 0.3) is 0 Å². The zero-order chi connectivity index (χ0) is 24.6. The van der Waals surface area contributed by atoms with E-state index in [1.807, 2.05) is 0 Å². The van der Waals surface area contributed by atoms with Gasteiger partial charge in [-0.05, 0) is 123 Å². The topological polar surface area (TPSA) is 60.7 Å². The van der Waals surface area contributed by atoms with Crippen LogP contribution in [-0.4, -0.2) is 33.1 Å². The summed E-state index contributed by atoms with van der Waals surface area (Å²) in [4.78, 5) is 0. The van der Waals surface area contributed by atoms with Gasteiger partial charge in [-0.15, -0.1) is 0 Å². The number of aliphatic hydroxyl groups excluding tert-OH is 2. The van der Waals surface area contributed by atoms with E-state index in [2.05, 4.69) is 41.2 Å². The highest BCUT2D eigenvalue weighted by Gasteiger charge is 2.68. The Balaban J connectivity index is 1.55. The van der Waals surface area contributed by atoms with Gasteiger partial charge in [-0.2, -0.15) is 0 Å². The van der Waals surface area contributed by atoms with Crippen LogP contribution in [0.15, 0.2) is 12.2 Å². The van der Waals surface area contributed by atoms with Crippen LogP contribution in [0, 0.1) is 45.3 Å². The minimum absolute atomic E-state index is 0.0138. The Kier molecular flexibility index (Phi) is 6.28. The summed E-state index contributed by atoms with van der Waals surface area (Å²) >= 11 is 0. The normalized spacial score (nSPS) is 47.9. The Hall–Kier alpha value is -0.380. The summed E-state index contributed by atoms with van der Waals surface area (Å²) in [5, 5.41) is 31.3. The highest BCUT2D eigenvalue weighted by atomic mass is 16.3. The molecule has 4 aliphatic rings. The van der Waals surface area contributed by atoms with Crippen LogP contribution in [0.3, 0.4) is 0 Å². The van der Waals surface area contributed by atoms with Gasteiger partial charge < -0.3 is 15.3 Å². The summed E-state index contributed by atoms with van der Waals surface area (Å²) in [6, 6.07) is 0. The summed E-state index contributed by atoms with van der Waals surface area (Å²) in [6.45, 7) is 20.4. The highest BCUT2D eigenvalue weighted by Crippen LogP contribution is 2.75. The smallest absolute Gasteiger partial charge is 0.0849 e. The molecule has 0 radical (unpaired) electrons. The summed E-state index contributed by atoms with van der Waals surface area (Å²) in [5.74, 6) is 2.59. The second-order valence-electron chi connectivity index (χ2n) is 14.6. The van der Waals surface area contributed by atoms with Gasteiger partial charge in [0.15, 0.2) is 0 Å². The number of aliphatic hydroxyl groups is 3. The van der Waals surface area contributed by atoms with Crippen LogP contribution in [-0.2, 0) is 0 Å². The van der Waals surface area contributed by atoms with Gasteiger partial charge in [0, 0.05) is 0 Å². The summed E-state index contributed by atoms with van der Waals surface area (Å²) in [5.41, 5.74) is 1.28. The molecular formula is C30H52O3. The van der Waals surface area contributed by atoms with Crippen molar-refractivity contribution in [2.24, 2.45) is 45.3 Å². The lowest BCUT2D eigenvalue weighted by molar-refractivity contribution is -0.220. The van der Waals surface area contributed by atoms with Gasteiger partial charge in [-0.1, -0.05) is 46.8 Å². The third-order valence-corrected chi connectivity index (χ3v) is 12.5. The molecule has 0 heterocycles. The predicted molar refractivity (Wildman–Crippen MR) is 136 cm³/mol. The summed E-state index contributed by atoms with van der Waals surface area (Å²) in [7, 11) is 0. The fourth-order valence-corrected chi connectivity index (χ4v) is 10.1. The fourth-order valence-electron chi connectivity index (χ4n) is 10.1. The molecule has 0 aromatic carbocycles. The zero-order valence-corrected chi connectivity index (χ0v) is 22.6. The number of hydrogen-bond acceptors (Lipinski definition) is 3. The van der Waals surface area contributed by atoms with Gasteiger partial charge >= 0.3 is 0 Å². The average molecular weight is 461 g/mol. The maximum atomic E-state index is 10.8. The number of rotatable bonds is 5. The van der Waals surface area contributed by atoms with Crippen LogP contribution >= 0.6 is 0 Å². The van der Waals surface area contributed by atoms with Gasteiger partial charge in [0.25, 0.3) is 0 Å². The summed E-state index contributed by atoms with van der Waals surface area (Å²) < 4.78 is 0. The van der Waals surface area contributed by atoms with E-state index >= 15 is 0 Å². The van der Waals surface area contributed by atoms with E-state index in [0.29, 0.717) is 40.4 Å². The molecule has 4 fully saturated rings. The van der Waals surface area contributed by atoms with Crippen molar-refractivity contribution in [2.45, 2.75) is 130 Å².